The lowest BCUT2D eigenvalue weighted by molar-refractivity contribution is 0.445. The average molecular weight is 178 g/mol. The molecule has 2 aromatic rings. The summed E-state index contributed by atoms with van der Waals surface area (Å²) < 4.78 is 19.9. The monoisotopic (exact) mass is 178 g/mol. The van der Waals surface area contributed by atoms with Crippen LogP contribution in [0.3, 0.4) is 0 Å². The van der Waals surface area contributed by atoms with Crippen LogP contribution in [0.15, 0.2) is 46.0 Å². The van der Waals surface area contributed by atoms with Gasteiger partial charge in [-0.25, -0.2) is 0 Å². The van der Waals surface area contributed by atoms with Gasteiger partial charge in [-0.05, 0) is 0 Å². The summed E-state index contributed by atoms with van der Waals surface area (Å²) in [7, 11) is 0.138. The van der Waals surface area contributed by atoms with E-state index in [4.69, 9.17) is 18.1 Å². The molecule has 0 bridgehead atoms. The van der Waals surface area contributed by atoms with Crippen molar-refractivity contribution < 1.29 is 18.1 Å². The van der Waals surface area contributed by atoms with E-state index < -0.39 is 0 Å². The summed E-state index contributed by atoms with van der Waals surface area (Å²) in [6, 6.07) is 3.41. The fourth-order valence-electron chi connectivity index (χ4n) is 0.834. The normalized spacial score (nSPS) is 9.54. The summed E-state index contributed by atoms with van der Waals surface area (Å²) in [5, 5.41) is 0. The molecule has 5 heteroatoms. The Hall–Kier alpha value is -1.78. The predicted octanol–water partition coefficient (Wildman–Crippen LogP) is 1.60. The molecule has 0 saturated carbocycles. The molecule has 0 atom stereocenters. The van der Waals surface area contributed by atoms with E-state index in [1.165, 1.54) is 25.1 Å². The summed E-state index contributed by atoms with van der Waals surface area (Å²) in [6.45, 7) is 0. The topological polar surface area (TPSA) is 44.7 Å². The zero-order chi connectivity index (χ0) is 8.93. The van der Waals surface area contributed by atoms with Gasteiger partial charge in [0.05, 0.1) is 12.5 Å². The quantitative estimate of drug-likeness (QED) is 0.666. The summed E-state index contributed by atoms with van der Waals surface area (Å²) in [4.78, 5) is 0. The first-order valence-electron chi connectivity index (χ1n) is 3.75. The van der Waals surface area contributed by atoms with Crippen LogP contribution in [0.1, 0.15) is 0 Å². The van der Waals surface area contributed by atoms with Gasteiger partial charge in [-0.3, -0.25) is 0 Å². The molecule has 13 heavy (non-hydrogen) atoms. The van der Waals surface area contributed by atoms with Crippen LogP contribution < -0.4 is 9.31 Å². The molecule has 0 N–H and O–H groups in total. The molecule has 0 aliphatic rings. The van der Waals surface area contributed by atoms with E-state index in [2.05, 4.69) is 0 Å². The predicted molar refractivity (Wildman–Crippen MR) is 45.8 cm³/mol. The molecular formula is C8H7BO4. The van der Waals surface area contributed by atoms with Crippen molar-refractivity contribution >= 4 is 7.69 Å². The Morgan fingerprint density at radius 1 is 0.923 bits per heavy atom. The largest absolute Gasteiger partial charge is 0.576 e. The lowest BCUT2D eigenvalue weighted by Gasteiger charge is -2.01. The van der Waals surface area contributed by atoms with Gasteiger partial charge in [0, 0.05) is 12.1 Å². The van der Waals surface area contributed by atoms with Crippen LogP contribution in [0.4, 0.5) is 0 Å². The molecule has 0 spiro atoms. The third-order valence-electron chi connectivity index (χ3n) is 1.44. The van der Waals surface area contributed by atoms with E-state index >= 15 is 0 Å². The molecule has 66 valence electrons. The molecule has 4 nitrogen and oxygen atoms in total. The van der Waals surface area contributed by atoms with Gasteiger partial charge in [0.1, 0.15) is 24.0 Å². The summed E-state index contributed by atoms with van der Waals surface area (Å²) in [5.74, 6) is 1.28. The molecule has 0 saturated heterocycles. The molecule has 0 aliphatic carbocycles. The SMILES string of the molecule is B(Oc1ccoc1)Oc1ccoc1. The lowest BCUT2D eigenvalue weighted by atomic mass is 10.3. The fraction of sp³-hybridized carbons (Fsp3) is 0. The Morgan fingerprint density at radius 3 is 1.85 bits per heavy atom. The van der Waals surface area contributed by atoms with Gasteiger partial charge in [-0.2, -0.15) is 0 Å². The second-order valence-electron chi connectivity index (χ2n) is 2.32. The van der Waals surface area contributed by atoms with Crippen LogP contribution in [0.2, 0.25) is 0 Å². The highest BCUT2D eigenvalue weighted by Crippen LogP contribution is 2.11. The second kappa shape index (κ2) is 3.75. The van der Waals surface area contributed by atoms with Crippen molar-refractivity contribution in [2.45, 2.75) is 0 Å². The third kappa shape index (κ3) is 2.08. The number of hydrogen-bond acceptors (Lipinski definition) is 4. The Morgan fingerprint density at radius 2 is 1.46 bits per heavy atom. The zero-order valence-electron chi connectivity index (χ0n) is 6.80. The highest BCUT2D eigenvalue weighted by molar-refractivity contribution is 6.20. The molecule has 2 rings (SSSR count). The standard InChI is InChI=1S/C8H7BO4/c1-3-10-5-7(1)12-9-13-8-2-4-11-6-8/h1-6,9H. The van der Waals surface area contributed by atoms with Gasteiger partial charge in [0.2, 0.25) is 0 Å². The van der Waals surface area contributed by atoms with E-state index in [1.807, 2.05) is 0 Å². The van der Waals surface area contributed by atoms with Gasteiger partial charge in [-0.1, -0.05) is 0 Å². The Labute approximate surface area is 75.4 Å². The molecule has 0 radical (unpaired) electrons. The van der Waals surface area contributed by atoms with E-state index in [0.717, 1.165) is 0 Å². The average Bonchev–Trinajstić information content (AvgIpc) is 2.75. The summed E-state index contributed by atoms with van der Waals surface area (Å²) in [5.41, 5.74) is 0. The minimum absolute atomic E-state index is 0.138. The van der Waals surface area contributed by atoms with E-state index in [9.17, 15) is 0 Å². The molecule has 2 aromatic heterocycles. The van der Waals surface area contributed by atoms with Crippen LogP contribution in [0.5, 0.6) is 11.5 Å². The van der Waals surface area contributed by atoms with Crippen LogP contribution in [-0.2, 0) is 0 Å². The highest BCUT2D eigenvalue weighted by Gasteiger charge is 2.00. The van der Waals surface area contributed by atoms with Gasteiger partial charge in [0.15, 0.2) is 0 Å². The Bertz CT molecular complexity index is 293. The van der Waals surface area contributed by atoms with Crippen molar-refractivity contribution in [3.05, 3.63) is 37.2 Å². The van der Waals surface area contributed by atoms with E-state index in [1.54, 1.807) is 12.1 Å². The van der Waals surface area contributed by atoms with Gasteiger partial charge in [-0.15, -0.1) is 0 Å². The maximum absolute atomic E-state index is 5.16. The van der Waals surface area contributed by atoms with E-state index in [-0.39, 0.29) is 7.69 Å². The van der Waals surface area contributed by atoms with Gasteiger partial charge in [0.25, 0.3) is 0 Å². The third-order valence-corrected chi connectivity index (χ3v) is 1.44. The maximum atomic E-state index is 5.16. The molecular weight excluding hydrogens is 171 g/mol. The highest BCUT2D eigenvalue weighted by atomic mass is 16.6. The van der Waals surface area contributed by atoms with Crippen LogP contribution in [-0.4, -0.2) is 7.69 Å². The number of hydrogen-bond donors (Lipinski definition) is 0. The van der Waals surface area contributed by atoms with Gasteiger partial charge >= 0.3 is 7.69 Å². The first-order valence-corrected chi connectivity index (χ1v) is 3.75. The maximum Gasteiger partial charge on any atom is 0.576 e. The first-order chi connectivity index (χ1) is 6.45. The van der Waals surface area contributed by atoms with Crippen molar-refractivity contribution in [2.24, 2.45) is 0 Å². The van der Waals surface area contributed by atoms with E-state index in [0.29, 0.717) is 11.5 Å². The van der Waals surface area contributed by atoms with Crippen molar-refractivity contribution in [1.82, 2.24) is 0 Å². The molecule has 0 aliphatic heterocycles. The van der Waals surface area contributed by atoms with Crippen molar-refractivity contribution in [3.8, 4) is 11.5 Å². The van der Waals surface area contributed by atoms with Crippen molar-refractivity contribution in [3.63, 3.8) is 0 Å². The smallest absolute Gasteiger partial charge is 0.526 e. The zero-order valence-corrected chi connectivity index (χ0v) is 6.80. The molecule has 2 heterocycles. The second-order valence-corrected chi connectivity index (χ2v) is 2.32. The van der Waals surface area contributed by atoms with Gasteiger partial charge < -0.3 is 18.1 Å². The Kier molecular flexibility index (Phi) is 2.27. The molecule has 0 aromatic carbocycles. The Balaban J connectivity index is 1.76. The molecule has 0 fully saturated rings. The number of rotatable bonds is 4. The van der Waals surface area contributed by atoms with Crippen LogP contribution >= 0.6 is 0 Å². The minimum Gasteiger partial charge on any atom is -0.526 e. The summed E-state index contributed by atoms with van der Waals surface area (Å²) in [6.07, 6.45) is 6.07. The van der Waals surface area contributed by atoms with Crippen LogP contribution in [0.25, 0.3) is 0 Å². The van der Waals surface area contributed by atoms with Crippen molar-refractivity contribution in [1.29, 1.82) is 0 Å². The van der Waals surface area contributed by atoms with Crippen molar-refractivity contribution in [2.75, 3.05) is 0 Å². The molecule has 0 amide bonds. The lowest BCUT2D eigenvalue weighted by Crippen LogP contribution is -2.09. The minimum atomic E-state index is 0.138. The first kappa shape index (κ1) is 7.85. The van der Waals surface area contributed by atoms with Crippen LogP contribution in [0, 0.1) is 0 Å². The summed E-state index contributed by atoms with van der Waals surface area (Å²) >= 11 is 0. The molecule has 0 unspecified atom stereocenters. The fourth-order valence-corrected chi connectivity index (χ4v) is 0.834. The number of furan rings is 2.